The van der Waals surface area contributed by atoms with Crippen molar-refractivity contribution in [3.05, 3.63) is 71.8 Å². The van der Waals surface area contributed by atoms with Crippen molar-refractivity contribution in [3.63, 3.8) is 0 Å². The summed E-state index contributed by atoms with van der Waals surface area (Å²) in [6, 6.07) is 12.9. The van der Waals surface area contributed by atoms with Crippen molar-refractivity contribution in [1.29, 1.82) is 0 Å². The Labute approximate surface area is 212 Å². The van der Waals surface area contributed by atoms with Gasteiger partial charge in [-0.05, 0) is 60.2 Å². The van der Waals surface area contributed by atoms with Crippen LogP contribution in [0.5, 0.6) is 0 Å². The SMILES string of the molecule is Cc1cc(CN2CCN(c3ncc(-c4cccc(F)c4)cn3)[C@H](CC(C)C)C2)cc(NCC(=O)O)c1. The van der Waals surface area contributed by atoms with Crippen molar-refractivity contribution in [1.82, 2.24) is 14.9 Å². The number of halogens is 1. The predicted molar refractivity (Wildman–Crippen MR) is 141 cm³/mol. The number of benzene rings is 2. The summed E-state index contributed by atoms with van der Waals surface area (Å²) in [5, 5.41) is 12.0. The van der Waals surface area contributed by atoms with E-state index in [9.17, 15) is 9.18 Å². The number of nitrogens with one attached hydrogen (secondary N) is 1. The van der Waals surface area contributed by atoms with Gasteiger partial charge in [-0.3, -0.25) is 9.69 Å². The summed E-state index contributed by atoms with van der Waals surface area (Å²) in [6.07, 6.45) is 4.56. The molecular formula is C28H34FN5O2. The van der Waals surface area contributed by atoms with Gasteiger partial charge in [0.15, 0.2) is 0 Å². The molecule has 1 fully saturated rings. The van der Waals surface area contributed by atoms with Gasteiger partial charge in [0.25, 0.3) is 0 Å². The Kier molecular flexibility index (Phi) is 8.15. The molecule has 1 aromatic heterocycles. The number of carboxylic acid groups (broad SMARTS) is 1. The molecule has 0 saturated carbocycles. The maximum atomic E-state index is 13.6. The van der Waals surface area contributed by atoms with Gasteiger partial charge in [-0.15, -0.1) is 0 Å². The Morgan fingerprint density at radius 1 is 1.14 bits per heavy atom. The van der Waals surface area contributed by atoms with Crippen molar-refractivity contribution >= 4 is 17.6 Å². The first kappa shape index (κ1) is 25.6. The molecule has 4 rings (SSSR count). The number of aromatic nitrogens is 2. The van der Waals surface area contributed by atoms with Gasteiger partial charge in [0, 0.05) is 55.9 Å². The highest BCUT2D eigenvalue weighted by Crippen LogP contribution is 2.25. The zero-order chi connectivity index (χ0) is 25.7. The summed E-state index contributed by atoms with van der Waals surface area (Å²) in [5.74, 6) is 0.0750. The van der Waals surface area contributed by atoms with E-state index in [0.29, 0.717) is 11.9 Å². The van der Waals surface area contributed by atoms with Crippen LogP contribution in [0, 0.1) is 18.7 Å². The maximum absolute atomic E-state index is 13.6. The largest absolute Gasteiger partial charge is 0.480 e. The number of aryl methyl sites for hydroxylation is 1. The molecule has 1 saturated heterocycles. The van der Waals surface area contributed by atoms with Crippen LogP contribution in [0.4, 0.5) is 16.0 Å². The molecule has 2 N–H and O–H groups in total. The smallest absolute Gasteiger partial charge is 0.322 e. The third kappa shape index (κ3) is 6.79. The summed E-state index contributed by atoms with van der Waals surface area (Å²) in [7, 11) is 0. The van der Waals surface area contributed by atoms with Gasteiger partial charge in [0.2, 0.25) is 5.95 Å². The third-order valence-corrected chi connectivity index (χ3v) is 6.35. The number of hydrogen-bond acceptors (Lipinski definition) is 6. The second-order valence-corrected chi connectivity index (χ2v) is 9.95. The number of rotatable bonds is 9. The van der Waals surface area contributed by atoms with Gasteiger partial charge in [-0.1, -0.05) is 32.0 Å². The molecule has 190 valence electrons. The maximum Gasteiger partial charge on any atom is 0.322 e. The molecule has 2 aromatic carbocycles. The van der Waals surface area contributed by atoms with Crippen LogP contribution in [0.25, 0.3) is 11.1 Å². The fraction of sp³-hybridized carbons (Fsp3) is 0.393. The van der Waals surface area contributed by atoms with Crippen molar-refractivity contribution in [3.8, 4) is 11.1 Å². The molecule has 7 nitrogen and oxygen atoms in total. The first-order valence-corrected chi connectivity index (χ1v) is 12.4. The summed E-state index contributed by atoms with van der Waals surface area (Å²) < 4.78 is 13.6. The molecule has 0 spiro atoms. The van der Waals surface area contributed by atoms with Crippen LogP contribution in [0.15, 0.2) is 54.9 Å². The highest BCUT2D eigenvalue weighted by Gasteiger charge is 2.29. The molecule has 0 radical (unpaired) electrons. The van der Waals surface area contributed by atoms with E-state index in [0.717, 1.165) is 60.5 Å². The minimum absolute atomic E-state index is 0.101. The van der Waals surface area contributed by atoms with E-state index in [1.807, 2.05) is 25.1 Å². The van der Waals surface area contributed by atoms with E-state index >= 15 is 0 Å². The quantitative estimate of drug-likeness (QED) is 0.444. The summed E-state index contributed by atoms with van der Waals surface area (Å²) in [4.78, 5) is 25.0. The lowest BCUT2D eigenvalue weighted by atomic mass is 9.99. The van der Waals surface area contributed by atoms with Crippen LogP contribution in [-0.2, 0) is 11.3 Å². The lowest BCUT2D eigenvalue weighted by Gasteiger charge is -2.42. The lowest BCUT2D eigenvalue weighted by molar-refractivity contribution is -0.134. The van der Waals surface area contributed by atoms with Crippen molar-refractivity contribution in [2.45, 2.75) is 39.8 Å². The zero-order valence-electron chi connectivity index (χ0n) is 21.1. The molecule has 1 atom stereocenters. The van der Waals surface area contributed by atoms with Gasteiger partial charge in [0.05, 0.1) is 0 Å². The lowest BCUT2D eigenvalue weighted by Crippen LogP contribution is -2.54. The molecule has 0 unspecified atom stereocenters. The van der Waals surface area contributed by atoms with Gasteiger partial charge in [0.1, 0.15) is 12.4 Å². The third-order valence-electron chi connectivity index (χ3n) is 6.35. The Morgan fingerprint density at radius 3 is 2.61 bits per heavy atom. The van der Waals surface area contributed by atoms with E-state index in [2.05, 4.69) is 45.0 Å². The molecule has 36 heavy (non-hydrogen) atoms. The van der Waals surface area contributed by atoms with E-state index in [4.69, 9.17) is 5.11 Å². The van der Waals surface area contributed by atoms with Gasteiger partial charge >= 0.3 is 5.97 Å². The summed E-state index contributed by atoms with van der Waals surface area (Å²) in [5.41, 5.74) is 4.65. The fourth-order valence-corrected chi connectivity index (χ4v) is 4.85. The minimum atomic E-state index is -0.878. The van der Waals surface area contributed by atoms with Crippen LogP contribution >= 0.6 is 0 Å². The first-order chi connectivity index (χ1) is 17.3. The second kappa shape index (κ2) is 11.5. The number of carbonyl (C=O) groups is 1. The molecule has 0 aliphatic carbocycles. The second-order valence-electron chi connectivity index (χ2n) is 9.95. The molecule has 2 heterocycles. The molecule has 1 aliphatic heterocycles. The molecule has 8 heteroatoms. The molecule has 3 aromatic rings. The number of carboxylic acids is 1. The molecule has 0 amide bonds. The van der Waals surface area contributed by atoms with Crippen LogP contribution < -0.4 is 10.2 Å². The molecular weight excluding hydrogens is 457 g/mol. The monoisotopic (exact) mass is 491 g/mol. The standard InChI is InChI=1S/C28H34FN5O2/c1-19(2)9-26-18-33(17-21-10-20(3)11-25(12-21)30-16-27(35)36)7-8-34(26)28-31-14-23(15-32-28)22-5-4-6-24(29)13-22/h4-6,10-15,19,26,30H,7-9,16-18H2,1-3H3,(H,35,36)/t26-/m1/s1. The highest BCUT2D eigenvalue weighted by molar-refractivity contribution is 5.73. The Morgan fingerprint density at radius 2 is 1.92 bits per heavy atom. The Balaban J connectivity index is 1.46. The zero-order valence-corrected chi connectivity index (χ0v) is 21.1. The average molecular weight is 492 g/mol. The van der Waals surface area contributed by atoms with Crippen molar-refractivity contribution in [2.24, 2.45) is 5.92 Å². The van der Waals surface area contributed by atoms with Gasteiger partial charge in [-0.25, -0.2) is 14.4 Å². The number of nitrogens with zero attached hydrogens (tertiary/aromatic N) is 4. The fourth-order valence-electron chi connectivity index (χ4n) is 4.85. The number of hydrogen-bond donors (Lipinski definition) is 2. The number of anilines is 2. The normalized spacial score (nSPS) is 16.4. The van der Waals surface area contributed by atoms with E-state index in [1.54, 1.807) is 18.5 Å². The van der Waals surface area contributed by atoms with Crippen LogP contribution in [-0.4, -0.2) is 58.2 Å². The van der Waals surface area contributed by atoms with Crippen LogP contribution in [0.3, 0.4) is 0 Å². The van der Waals surface area contributed by atoms with E-state index < -0.39 is 5.97 Å². The number of piperazine rings is 1. The molecule has 1 aliphatic rings. The Hall–Kier alpha value is -3.52. The summed E-state index contributed by atoms with van der Waals surface area (Å²) >= 11 is 0. The predicted octanol–water partition coefficient (Wildman–Crippen LogP) is 4.82. The van der Waals surface area contributed by atoms with Crippen molar-refractivity contribution < 1.29 is 14.3 Å². The minimum Gasteiger partial charge on any atom is -0.480 e. The summed E-state index contributed by atoms with van der Waals surface area (Å²) in [6.45, 7) is 9.75. The van der Waals surface area contributed by atoms with Gasteiger partial charge in [-0.2, -0.15) is 0 Å². The Bertz CT molecular complexity index is 1180. The topological polar surface area (TPSA) is 81.6 Å². The van der Waals surface area contributed by atoms with E-state index in [1.165, 1.54) is 12.1 Å². The molecule has 0 bridgehead atoms. The first-order valence-electron chi connectivity index (χ1n) is 12.4. The van der Waals surface area contributed by atoms with E-state index in [-0.39, 0.29) is 18.4 Å². The van der Waals surface area contributed by atoms with Gasteiger partial charge < -0.3 is 15.3 Å². The average Bonchev–Trinajstić information content (AvgIpc) is 2.82. The van der Waals surface area contributed by atoms with Crippen LogP contribution in [0.1, 0.15) is 31.4 Å². The van der Waals surface area contributed by atoms with Crippen molar-refractivity contribution in [2.75, 3.05) is 36.4 Å². The highest BCUT2D eigenvalue weighted by atomic mass is 19.1. The number of aliphatic carboxylic acids is 1. The van der Waals surface area contributed by atoms with Crippen LogP contribution in [0.2, 0.25) is 0 Å².